The van der Waals surface area contributed by atoms with Crippen LogP contribution < -0.4 is 37.6 Å². The van der Waals surface area contributed by atoms with E-state index in [1.807, 2.05) is 19.1 Å². The van der Waals surface area contributed by atoms with E-state index in [1.165, 1.54) is 15.9 Å². The van der Waals surface area contributed by atoms with Gasteiger partial charge in [0.05, 0.1) is 19.3 Å². The van der Waals surface area contributed by atoms with E-state index in [1.54, 1.807) is 13.2 Å². The van der Waals surface area contributed by atoms with Crippen LogP contribution in [0, 0.1) is 0 Å². The Kier molecular flexibility index (Phi) is 9.04. The minimum Gasteiger partial charge on any atom is -1.00 e. The van der Waals surface area contributed by atoms with Crippen molar-refractivity contribution in [3.63, 3.8) is 0 Å². The first-order valence-corrected chi connectivity index (χ1v) is 13.1. The van der Waals surface area contributed by atoms with Crippen molar-refractivity contribution in [3.05, 3.63) is 120 Å². The number of rotatable bonds is 8. The van der Waals surface area contributed by atoms with Gasteiger partial charge < -0.3 is 26.5 Å². The maximum atomic E-state index is 12.5. The molecule has 0 spiro atoms. The molecule has 0 aromatic heterocycles. The first-order valence-electron chi connectivity index (χ1n) is 11.1. The number of carbonyl (C=O) groups is 1. The fourth-order valence-corrected chi connectivity index (χ4v) is 8.51. The van der Waals surface area contributed by atoms with Crippen LogP contribution in [0.2, 0.25) is 0 Å². The normalized spacial score (nSPS) is 10.8. The van der Waals surface area contributed by atoms with Crippen molar-refractivity contribution in [2.75, 3.05) is 13.7 Å². The van der Waals surface area contributed by atoms with E-state index in [9.17, 15) is 4.79 Å². The molecular formula is C29H28BrO3P. The van der Waals surface area contributed by atoms with Crippen LogP contribution in [0.15, 0.2) is 109 Å². The topological polar surface area (TPSA) is 35.5 Å². The molecule has 0 N–H and O–H groups in total. The molecule has 174 valence electrons. The molecule has 4 aromatic carbocycles. The third-order valence-corrected chi connectivity index (χ3v) is 10.1. The summed E-state index contributed by atoms with van der Waals surface area (Å²) >= 11 is 0. The first kappa shape index (κ1) is 25.7. The number of halogens is 1. The van der Waals surface area contributed by atoms with E-state index < -0.39 is 7.26 Å². The summed E-state index contributed by atoms with van der Waals surface area (Å²) in [5, 5.41) is 3.85. The van der Waals surface area contributed by atoms with Crippen molar-refractivity contribution in [1.82, 2.24) is 0 Å². The molecule has 0 atom stereocenters. The van der Waals surface area contributed by atoms with Crippen LogP contribution in [0.3, 0.4) is 0 Å². The van der Waals surface area contributed by atoms with Gasteiger partial charge in [0.15, 0.2) is 0 Å². The molecule has 0 aliphatic carbocycles. The summed E-state index contributed by atoms with van der Waals surface area (Å²) < 4.78 is 11.0. The van der Waals surface area contributed by atoms with E-state index in [2.05, 4.69) is 91.0 Å². The summed E-state index contributed by atoms with van der Waals surface area (Å²) in [4.78, 5) is 12.5. The number of benzene rings is 4. The van der Waals surface area contributed by atoms with E-state index in [4.69, 9.17) is 9.47 Å². The standard InChI is InChI=1S/C29H28O3P.BrH/c1-3-32-29(30)23-19-20-28(31-2)24(21-23)22-33(25-13-7-4-8-14-25,26-15-9-5-10-16-26)27-17-11-6-12-18-27;/h4-21H,3,22H2,1-2H3;1H/q+1;/p-1. The van der Waals surface area contributed by atoms with Gasteiger partial charge in [-0.3, -0.25) is 0 Å². The van der Waals surface area contributed by atoms with Crippen LogP contribution >= 0.6 is 7.26 Å². The number of methoxy groups -OCH3 is 1. The van der Waals surface area contributed by atoms with Gasteiger partial charge in [0.1, 0.15) is 35.1 Å². The molecule has 5 heteroatoms. The van der Waals surface area contributed by atoms with Crippen molar-refractivity contribution < 1.29 is 31.2 Å². The van der Waals surface area contributed by atoms with E-state index in [0.717, 1.165) is 17.5 Å². The Morgan fingerprint density at radius 1 is 0.735 bits per heavy atom. The van der Waals surface area contributed by atoms with Crippen molar-refractivity contribution in [2.45, 2.75) is 13.1 Å². The van der Waals surface area contributed by atoms with Gasteiger partial charge in [-0.05, 0) is 61.5 Å². The second kappa shape index (κ2) is 12.0. The highest BCUT2D eigenvalue weighted by molar-refractivity contribution is 7.95. The summed E-state index contributed by atoms with van der Waals surface area (Å²) in [6.45, 7) is 2.16. The Labute approximate surface area is 212 Å². The predicted molar refractivity (Wildman–Crippen MR) is 138 cm³/mol. The SMILES string of the molecule is CCOC(=O)c1ccc(OC)c(C[P+](c2ccccc2)(c2ccccc2)c2ccccc2)c1.[Br-]. The molecule has 4 aromatic rings. The van der Waals surface area contributed by atoms with Crippen LogP contribution in [0.4, 0.5) is 0 Å². The van der Waals surface area contributed by atoms with Gasteiger partial charge in [0.25, 0.3) is 0 Å². The lowest BCUT2D eigenvalue weighted by atomic mass is 10.1. The smallest absolute Gasteiger partial charge is 0.338 e. The van der Waals surface area contributed by atoms with Crippen LogP contribution in [0.5, 0.6) is 5.75 Å². The summed E-state index contributed by atoms with van der Waals surface area (Å²) in [5.41, 5.74) is 1.54. The minimum absolute atomic E-state index is 0. The van der Waals surface area contributed by atoms with Crippen LogP contribution in [-0.2, 0) is 10.9 Å². The van der Waals surface area contributed by atoms with Crippen molar-refractivity contribution in [1.29, 1.82) is 0 Å². The van der Waals surface area contributed by atoms with Crippen molar-refractivity contribution >= 4 is 29.1 Å². The highest BCUT2D eigenvalue weighted by Gasteiger charge is 2.46. The summed E-state index contributed by atoms with van der Waals surface area (Å²) in [6, 6.07) is 37.6. The van der Waals surface area contributed by atoms with Crippen molar-refractivity contribution in [3.8, 4) is 5.75 Å². The molecule has 0 saturated heterocycles. The molecule has 34 heavy (non-hydrogen) atoms. The van der Waals surface area contributed by atoms with Gasteiger partial charge in [-0.2, -0.15) is 0 Å². The molecular weight excluding hydrogens is 507 g/mol. The van der Waals surface area contributed by atoms with E-state index in [0.29, 0.717) is 12.2 Å². The Bertz CT molecular complexity index is 1100. The fraction of sp³-hybridized carbons (Fsp3) is 0.138. The lowest BCUT2D eigenvalue weighted by molar-refractivity contribution is -0.0000247. The van der Waals surface area contributed by atoms with Gasteiger partial charge in [-0.1, -0.05) is 54.6 Å². The third-order valence-electron chi connectivity index (χ3n) is 5.79. The molecule has 0 aliphatic rings. The Hall–Kier alpha value is -2.94. The van der Waals surface area contributed by atoms with Crippen LogP contribution in [0.1, 0.15) is 22.8 Å². The van der Waals surface area contributed by atoms with E-state index in [-0.39, 0.29) is 23.0 Å². The number of hydrogen-bond acceptors (Lipinski definition) is 3. The molecule has 0 saturated carbocycles. The molecule has 3 nitrogen and oxygen atoms in total. The molecule has 0 heterocycles. The molecule has 0 aliphatic heterocycles. The Morgan fingerprint density at radius 2 is 1.21 bits per heavy atom. The van der Waals surface area contributed by atoms with Gasteiger partial charge in [0, 0.05) is 5.56 Å². The molecule has 0 bridgehead atoms. The second-order valence-electron chi connectivity index (χ2n) is 7.72. The second-order valence-corrected chi connectivity index (χ2v) is 11.2. The quantitative estimate of drug-likeness (QED) is 0.257. The van der Waals surface area contributed by atoms with Gasteiger partial charge in [-0.15, -0.1) is 0 Å². The average Bonchev–Trinajstić information content (AvgIpc) is 2.89. The van der Waals surface area contributed by atoms with Crippen molar-refractivity contribution in [2.24, 2.45) is 0 Å². The summed E-state index contributed by atoms with van der Waals surface area (Å²) in [5.74, 6) is 0.458. The molecule has 0 amide bonds. The maximum Gasteiger partial charge on any atom is 0.338 e. The summed E-state index contributed by atoms with van der Waals surface area (Å²) in [7, 11) is -0.436. The zero-order chi connectivity index (χ0) is 23.1. The Balaban J connectivity index is 0.00000324. The zero-order valence-corrected chi connectivity index (χ0v) is 21.8. The highest BCUT2D eigenvalue weighted by Crippen LogP contribution is 2.59. The maximum absolute atomic E-state index is 12.5. The number of esters is 1. The average molecular weight is 535 g/mol. The van der Waals surface area contributed by atoms with Gasteiger partial charge in [0.2, 0.25) is 0 Å². The highest BCUT2D eigenvalue weighted by atomic mass is 79.9. The van der Waals surface area contributed by atoms with Gasteiger partial charge >= 0.3 is 5.97 Å². The Morgan fingerprint density at radius 3 is 1.62 bits per heavy atom. The lowest BCUT2D eigenvalue weighted by Gasteiger charge is -2.28. The minimum atomic E-state index is -2.11. The third kappa shape index (κ3) is 5.24. The molecule has 0 radical (unpaired) electrons. The largest absolute Gasteiger partial charge is 1.00 e. The predicted octanol–water partition coefficient (Wildman–Crippen LogP) is 2.37. The number of ether oxygens (including phenoxy) is 2. The van der Waals surface area contributed by atoms with E-state index >= 15 is 0 Å². The summed E-state index contributed by atoms with van der Waals surface area (Å²) in [6.07, 6.45) is 0.724. The number of hydrogen-bond donors (Lipinski definition) is 0. The fourth-order valence-electron chi connectivity index (χ4n) is 4.27. The first-order chi connectivity index (χ1) is 16.2. The van der Waals surface area contributed by atoms with Crippen LogP contribution in [0.25, 0.3) is 0 Å². The van der Waals surface area contributed by atoms with Crippen LogP contribution in [-0.4, -0.2) is 19.7 Å². The lowest BCUT2D eigenvalue weighted by Crippen LogP contribution is -3.00. The monoisotopic (exact) mass is 534 g/mol. The number of carbonyl (C=O) groups excluding carboxylic acids is 1. The molecule has 4 rings (SSSR count). The van der Waals surface area contributed by atoms with Gasteiger partial charge in [-0.25, -0.2) is 4.79 Å². The zero-order valence-electron chi connectivity index (χ0n) is 19.4. The molecule has 0 fully saturated rings. The molecule has 0 unspecified atom stereocenters.